The fraction of sp³-hybridized carbons (Fsp3) is 0.208. The summed E-state index contributed by atoms with van der Waals surface area (Å²) in [4.78, 5) is 0. The number of aryl methyl sites for hydroxylation is 2. The predicted octanol–water partition coefficient (Wildman–Crippen LogP) is 6.48. The minimum Gasteiger partial charge on any atom is -0.464 e. The Morgan fingerprint density at radius 3 is 2.63 bits per heavy atom. The molecule has 0 radical (unpaired) electrons. The van der Waals surface area contributed by atoms with E-state index in [-0.39, 0.29) is 6.04 Å². The smallest absolute Gasteiger partial charge is 0.213 e. The maximum atomic E-state index is 14.0. The van der Waals surface area contributed by atoms with Crippen molar-refractivity contribution in [2.45, 2.75) is 32.5 Å². The summed E-state index contributed by atoms with van der Waals surface area (Å²) in [5, 5.41) is 7.34. The quantitative estimate of drug-likeness (QED) is 0.470. The Hall–Kier alpha value is -2.92. The second-order valence-electron chi connectivity index (χ2n) is 7.79. The molecule has 0 N–H and O–H groups in total. The summed E-state index contributed by atoms with van der Waals surface area (Å²) in [7, 11) is 0. The lowest BCUT2D eigenvalue weighted by Crippen LogP contribution is -2.33. The standard InChI is InChI=1S/C24H19ClF2N2O/c1-13-3-4-14(2)17(9-13)21-12-22-18-11-16(25)6-8-23(18)30-24(29(22)28-21)15-5-7-19(26)20(27)10-15/h3-11,22,24H,12H2,1-2H3. The van der Waals surface area contributed by atoms with Gasteiger partial charge in [-0.1, -0.05) is 35.4 Å². The molecule has 2 unspecified atom stereocenters. The molecule has 0 saturated carbocycles. The van der Waals surface area contributed by atoms with Crippen LogP contribution in [0.1, 0.15) is 46.5 Å². The number of hydrazone groups is 1. The zero-order valence-electron chi connectivity index (χ0n) is 16.5. The summed E-state index contributed by atoms with van der Waals surface area (Å²) in [6, 6.07) is 15.5. The molecule has 3 nitrogen and oxygen atoms in total. The first-order valence-corrected chi connectivity index (χ1v) is 10.1. The lowest BCUT2D eigenvalue weighted by molar-refractivity contribution is -0.0192. The van der Waals surface area contributed by atoms with Crippen molar-refractivity contribution >= 4 is 17.3 Å². The first kappa shape index (κ1) is 19.1. The Morgan fingerprint density at radius 1 is 1.00 bits per heavy atom. The fourth-order valence-corrected chi connectivity index (χ4v) is 4.33. The van der Waals surface area contributed by atoms with Gasteiger partial charge in [-0.3, -0.25) is 0 Å². The third kappa shape index (κ3) is 3.14. The van der Waals surface area contributed by atoms with Gasteiger partial charge in [0.1, 0.15) is 5.75 Å². The monoisotopic (exact) mass is 424 g/mol. The van der Waals surface area contributed by atoms with Gasteiger partial charge in [0.05, 0.1) is 11.8 Å². The number of nitrogens with zero attached hydrogens (tertiary/aromatic N) is 2. The van der Waals surface area contributed by atoms with Crippen LogP contribution < -0.4 is 4.74 Å². The predicted molar refractivity (Wildman–Crippen MR) is 113 cm³/mol. The van der Waals surface area contributed by atoms with Crippen molar-refractivity contribution in [1.82, 2.24) is 5.01 Å². The molecule has 3 aromatic carbocycles. The maximum Gasteiger partial charge on any atom is 0.213 e. The van der Waals surface area contributed by atoms with E-state index in [1.807, 2.05) is 24.1 Å². The van der Waals surface area contributed by atoms with Gasteiger partial charge in [0, 0.05) is 28.1 Å². The van der Waals surface area contributed by atoms with Gasteiger partial charge in [0.2, 0.25) is 6.23 Å². The highest BCUT2D eigenvalue weighted by Crippen LogP contribution is 2.48. The van der Waals surface area contributed by atoms with Crippen LogP contribution in [0.4, 0.5) is 8.78 Å². The van der Waals surface area contributed by atoms with E-state index in [1.165, 1.54) is 12.1 Å². The van der Waals surface area contributed by atoms with Crippen LogP contribution in [0.2, 0.25) is 5.02 Å². The number of hydrogen-bond donors (Lipinski definition) is 0. The van der Waals surface area contributed by atoms with Gasteiger partial charge in [0.15, 0.2) is 11.6 Å². The Kier molecular flexibility index (Phi) is 4.51. The molecular weight excluding hydrogens is 406 g/mol. The number of halogens is 3. The lowest BCUT2D eigenvalue weighted by atomic mass is 9.93. The minimum absolute atomic E-state index is 0.111. The highest BCUT2D eigenvalue weighted by Gasteiger charge is 2.41. The van der Waals surface area contributed by atoms with Gasteiger partial charge >= 0.3 is 0 Å². The Bertz CT molecular complexity index is 1190. The van der Waals surface area contributed by atoms with Gasteiger partial charge < -0.3 is 4.74 Å². The van der Waals surface area contributed by atoms with Gasteiger partial charge in [-0.15, -0.1) is 0 Å². The number of fused-ring (bicyclic) bond motifs is 3. The van der Waals surface area contributed by atoms with Crippen molar-refractivity contribution in [1.29, 1.82) is 0 Å². The molecule has 6 heteroatoms. The van der Waals surface area contributed by atoms with Crippen molar-refractivity contribution in [2.75, 3.05) is 0 Å². The highest BCUT2D eigenvalue weighted by atomic mass is 35.5. The second kappa shape index (κ2) is 7.10. The van der Waals surface area contributed by atoms with E-state index >= 15 is 0 Å². The molecule has 2 atom stereocenters. The zero-order chi connectivity index (χ0) is 21.0. The van der Waals surface area contributed by atoms with Crippen molar-refractivity contribution in [2.24, 2.45) is 5.10 Å². The number of rotatable bonds is 2. The van der Waals surface area contributed by atoms with Crippen LogP contribution in [0.3, 0.4) is 0 Å². The first-order chi connectivity index (χ1) is 14.4. The average Bonchev–Trinajstić information content (AvgIpc) is 3.17. The number of benzene rings is 3. The topological polar surface area (TPSA) is 24.8 Å². The fourth-order valence-electron chi connectivity index (χ4n) is 4.15. The molecule has 0 aliphatic carbocycles. The minimum atomic E-state index is -0.910. The van der Waals surface area contributed by atoms with Gasteiger partial charge in [-0.25, -0.2) is 13.8 Å². The molecule has 0 spiro atoms. The molecule has 0 bridgehead atoms. The Morgan fingerprint density at radius 2 is 1.83 bits per heavy atom. The molecule has 0 saturated heterocycles. The SMILES string of the molecule is Cc1ccc(C)c(C2=NN3C(C2)c2cc(Cl)ccc2OC3c2ccc(F)c(F)c2)c1. The van der Waals surface area contributed by atoms with Crippen LogP contribution in [0.25, 0.3) is 0 Å². The van der Waals surface area contributed by atoms with Crippen molar-refractivity contribution in [3.63, 3.8) is 0 Å². The van der Waals surface area contributed by atoms with Crippen molar-refractivity contribution in [3.8, 4) is 5.75 Å². The van der Waals surface area contributed by atoms with E-state index in [9.17, 15) is 8.78 Å². The van der Waals surface area contributed by atoms with E-state index in [1.54, 1.807) is 6.07 Å². The molecule has 3 aromatic rings. The average molecular weight is 425 g/mol. The molecule has 0 fully saturated rings. The third-order valence-corrected chi connectivity index (χ3v) is 5.92. The normalized spacial score (nSPS) is 19.8. The van der Waals surface area contributed by atoms with Crippen LogP contribution >= 0.6 is 11.6 Å². The van der Waals surface area contributed by atoms with Crippen molar-refractivity contribution < 1.29 is 13.5 Å². The largest absolute Gasteiger partial charge is 0.464 e. The van der Waals surface area contributed by atoms with E-state index in [2.05, 4.69) is 25.1 Å². The number of ether oxygens (including phenoxy) is 1. The Balaban J connectivity index is 1.63. The second-order valence-corrected chi connectivity index (χ2v) is 8.23. The zero-order valence-corrected chi connectivity index (χ0v) is 17.3. The molecule has 0 aromatic heterocycles. The summed E-state index contributed by atoms with van der Waals surface area (Å²) in [6.07, 6.45) is 0.00245. The van der Waals surface area contributed by atoms with Crippen LogP contribution in [0.5, 0.6) is 5.75 Å². The van der Waals surface area contributed by atoms with Crippen LogP contribution in [0, 0.1) is 25.5 Å². The van der Waals surface area contributed by atoms with Crippen LogP contribution in [-0.2, 0) is 0 Å². The molecule has 2 aliphatic heterocycles. The van der Waals surface area contributed by atoms with Crippen molar-refractivity contribution in [3.05, 3.63) is 99.1 Å². The van der Waals surface area contributed by atoms with E-state index in [4.69, 9.17) is 21.4 Å². The maximum absolute atomic E-state index is 14.0. The summed E-state index contributed by atoms with van der Waals surface area (Å²) in [5.74, 6) is -1.13. The molecule has 5 rings (SSSR count). The third-order valence-electron chi connectivity index (χ3n) is 5.68. The van der Waals surface area contributed by atoms with E-state index in [0.29, 0.717) is 22.8 Å². The van der Waals surface area contributed by atoms with E-state index < -0.39 is 17.9 Å². The molecule has 0 amide bonds. The molecule has 2 aliphatic rings. The van der Waals surface area contributed by atoms with Gasteiger partial charge in [-0.2, -0.15) is 5.10 Å². The highest BCUT2D eigenvalue weighted by molar-refractivity contribution is 6.30. The first-order valence-electron chi connectivity index (χ1n) is 9.75. The molecule has 2 heterocycles. The summed E-state index contributed by atoms with van der Waals surface area (Å²) in [5.41, 5.74) is 5.74. The van der Waals surface area contributed by atoms with E-state index in [0.717, 1.165) is 34.0 Å². The summed E-state index contributed by atoms with van der Waals surface area (Å²) in [6.45, 7) is 4.11. The molecular formula is C24H19ClF2N2O. The van der Waals surface area contributed by atoms with Gasteiger partial charge in [0.25, 0.3) is 0 Å². The molecule has 30 heavy (non-hydrogen) atoms. The summed E-state index contributed by atoms with van der Waals surface area (Å²) >= 11 is 6.26. The Labute approximate surface area is 178 Å². The van der Waals surface area contributed by atoms with Crippen LogP contribution in [-0.4, -0.2) is 10.7 Å². The summed E-state index contributed by atoms with van der Waals surface area (Å²) < 4.78 is 33.7. The number of hydrogen-bond acceptors (Lipinski definition) is 3. The van der Waals surface area contributed by atoms with Gasteiger partial charge in [-0.05, 0) is 55.8 Å². The van der Waals surface area contributed by atoms with Crippen LogP contribution in [0.15, 0.2) is 59.7 Å². The lowest BCUT2D eigenvalue weighted by Gasteiger charge is -2.38. The molecule has 152 valence electrons.